The van der Waals surface area contributed by atoms with Gasteiger partial charge in [0.1, 0.15) is 0 Å². The van der Waals surface area contributed by atoms with Crippen molar-refractivity contribution in [2.45, 2.75) is 31.7 Å². The van der Waals surface area contributed by atoms with Crippen molar-refractivity contribution in [1.29, 1.82) is 0 Å². The summed E-state index contributed by atoms with van der Waals surface area (Å²) in [6.07, 6.45) is 0.289. The number of hydrogen-bond donors (Lipinski definition) is 0. The Labute approximate surface area is 84.8 Å². The molecular weight excluding hydrogens is 209 g/mol. The van der Waals surface area contributed by atoms with Gasteiger partial charge in [-0.15, -0.1) is 13.2 Å². The van der Waals surface area contributed by atoms with E-state index in [9.17, 15) is 13.2 Å². The molecule has 1 aliphatic heterocycles. The smallest absolute Gasteiger partial charge is 0.373 e. The Morgan fingerprint density at radius 1 is 1.40 bits per heavy atom. The highest BCUT2D eigenvalue weighted by molar-refractivity contribution is 5.09. The highest BCUT2D eigenvalue weighted by Crippen LogP contribution is 2.29. The Morgan fingerprint density at radius 2 is 2.20 bits per heavy atom. The second-order valence-corrected chi connectivity index (χ2v) is 3.54. The molecule has 1 unspecified atom stereocenters. The van der Waals surface area contributed by atoms with Crippen LogP contribution < -0.4 is 0 Å². The van der Waals surface area contributed by atoms with E-state index in [1.807, 2.05) is 0 Å². The molecule has 1 aromatic rings. The molecule has 1 aromatic heterocycles. The van der Waals surface area contributed by atoms with Gasteiger partial charge in [-0.1, -0.05) is 0 Å². The van der Waals surface area contributed by atoms with Gasteiger partial charge in [0.25, 0.3) is 0 Å². The Hall–Kier alpha value is -1.04. The van der Waals surface area contributed by atoms with Gasteiger partial charge in [0, 0.05) is 18.4 Å². The van der Waals surface area contributed by atoms with Gasteiger partial charge in [-0.25, -0.2) is 0 Å². The lowest BCUT2D eigenvalue weighted by Crippen LogP contribution is -2.17. The Kier molecular flexibility index (Phi) is 2.68. The van der Waals surface area contributed by atoms with Gasteiger partial charge in [-0.2, -0.15) is 9.78 Å². The Balaban J connectivity index is 2.12. The van der Waals surface area contributed by atoms with Crippen LogP contribution in [0.3, 0.4) is 0 Å². The molecule has 0 aromatic carbocycles. The van der Waals surface area contributed by atoms with E-state index >= 15 is 0 Å². The number of alkyl halides is 3. The van der Waals surface area contributed by atoms with Gasteiger partial charge in [-0.3, -0.25) is 0 Å². The molecule has 1 fully saturated rings. The molecule has 2 heterocycles. The van der Waals surface area contributed by atoms with Crippen molar-refractivity contribution in [1.82, 2.24) is 9.78 Å². The summed E-state index contributed by atoms with van der Waals surface area (Å²) in [7, 11) is 0. The molecule has 1 atom stereocenters. The van der Waals surface area contributed by atoms with E-state index in [4.69, 9.17) is 4.74 Å². The maximum Gasteiger partial charge on any atom is 0.504 e. The zero-order valence-corrected chi connectivity index (χ0v) is 8.00. The van der Waals surface area contributed by atoms with E-state index in [-0.39, 0.29) is 10.8 Å². The van der Waals surface area contributed by atoms with Crippen LogP contribution in [0.1, 0.15) is 30.9 Å². The van der Waals surface area contributed by atoms with Crippen molar-refractivity contribution in [3.8, 4) is 0 Å². The number of rotatable bonds is 1. The van der Waals surface area contributed by atoms with E-state index in [1.165, 1.54) is 6.20 Å². The lowest BCUT2D eigenvalue weighted by atomic mass is 10.0. The zero-order chi connectivity index (χ0) is 10.9. The third kappa shape index (κ3) is 2.31. The first-order valence-corrected chi connectivity index (χ1v) is 4.81. The van der Waals surface area contributed by atoms with Crippen molar-refractivity contribution in [2.75, 3.05) is 6.61 Å². The molecule has 3 nitrogen and oxygen atoms in total. The van der Waals surface area contributed by atoms with Crippen molar-refractivity contribution >= 4 is 0 Å². The first kappa shape index (κ1) is 10.5. The topological polar surface area (TPSA) is 27.1 Å². The molecule has 15 heavy (non-hydrogen) atoms. The molecule has 0 spiro atoms. The predicted molar refractivity (Wildman–Crippen MR) is 46.1 cm³/mol. The van der Waals surface area contributed by atoms with Crippen molar-refractivity contribution in [3.05, 3.63) is 18.0 Å². The highest BCUT2D eigenvalue weighted by atomic mass is 19.4. The lowest BCUT2D eigenvalue weighted by molar-refractivity contribution is -0.212. The average Bonchev–Trinajstić information content (AvgIpc) is 2.67. The standard InChI is InChI=1S/C9H11F3N2O/c10-9(11,12)14-6-7(5-13-14)8-3-1-2-4-15-8/h5-6,8H,1-4H2. The molecule has 0 saturated carbocycles. The number of halogens is 3. The molecule has 2 rings (SSSR count). The van der Waals surface area contributed by atoms with Crippen LogP contribution in [0.2, 0.25) is 0 Å². The summed E-state index contributed by atoms with van der Waals surface area (Å²) in [6, 6.07) is 0. The van der Waals surface area contributed by atoms with Crippen molar-refractivity contribution in [3.63, 3.8) is 0 Å². The third-order valence-corrected chi connectivity index (χ3v) is 2.41. The highest BCUT2D eigenvalue weighted by Gasteiger charge is 2.32. The summed E-state index contributed by atoms with van der Waals surface area (Å²) in [5, 5.41) is 3.27. The fourth-order valence-electron chi connectivity index (χ4n) is 1.65. The normalized spacial score (nSPS) is 23.0. The van der Waals surface area contributed by atoms with E-state index in [0.29, 0.717) is 12.2 Å². The van der Waals surface area contributed by atoms with Gasteiger partial charge in [0.15, 0.2) is 0 Å². The maximum absolute atomic E-state index is 12.2. The average molecular weight is 220 g/mol. The van der Waals surface area contributed by atoms with Gasteiger partial charge in [0.05, 0.1) is 12.3 Å². The summed E-state index contributed by atoms with van der Waals surface area (Å²) in [5.74, 6) is 0. The molecule has 0 radical (unpaired) electrons. The van der Waals surface area contributed by atoms with E-state index in [2.05, 4.69) is 5.10 Å². The number of hydrogen-bond acceptors (Lipinski definition) is 2. The SMILES string of the molecule is FC(F)(F)n1cc(C2CCCCO2)cn1. The molecule has 1 aliphatic rings. The molecule has 0 aliphatic carbocycles. The minimum atomic E-state index is -4.44. The largest absolute Gasteiger partial charge is 0.504 e. The van der Waals surface area contributed by atoms with Crippen LogP contribution in [0.15, 0.2) is 12.4 Å². The van der Waals surface area contributed by atoms with E-state index in [1.54, 1.807) is 0 Å². The van der Waals surface area contributed by atoms with Crippen LogP contribution >= 0.6 is 0 Å². The maximum atomic E-state index is 12.2. The van der Waals surface area contributed by atoms with Crippen molar-refractivity contribution in [2.24, 2.45) is 0 Å². The van der Waals surface area contributed by atoms with Crippen LogP contribution in [0.5, 0.6) is 0 Å². The second-order valence-electron chi connectivity index (χ2n) is 3.54. The third-order valence-electron chi connectivity index (χ3n) is 2.41. The quantitative estimate of drug-likeness (QED) is 0.727. The number of ether oxygens (including phenoxy) is 1. The van der Waals surface area contributed by atoms with Crippen LogP contribution in [0.25, 0.3) is 0 Å². The predicted octanol–water partition coefficient (Wildman–Crippen LogP) is 2.60. The Morgan fingerprint density at radius 3 is 2.73 bits per heavy atom. The van der Waals surface area contributed by atoms with Crippen LogP contribution in [0, 0.1) is 0 Å². The molecule has 1 saturated heterocycles. The Bertz CT molecular complexity index is 328. The zero-order valence-electron chi connectivity index (χ0n) is 8.00. The molecule has 0 N–H and O–H groups in total. The summed E-state index contributed by atoms with van der Waals surface area (Å²) < 4.78 is 42.1. The molecule has 6 heteroatoms. The van der Waals surface area contributed by atoms with Gasteiger partial charge in [0.2, 0.25) is 0 Å². The first-order valence-electron chi connectivity index (χ1n) is 4.81. The lowest BCUT2D eigenvalue weighted by Gasteiger charge is -2.21. The first-order chi connectivity index (χ1) is 7.07. The number of aromatic nitrogens is 2. The summed E-state index contributed by atoms with van der Waals surface area (Å²) >= 11 is 0. The molecular formula is C9H11F3N2O. The summed E-state index contributed by atoms with van der Waals surface area (Å²) in [6.45, 7) is 0.613. The monoisotopic (exact) mass is 220 g/mol. The van der Waals surface area contributed by atoms with Crippen LogP contribution in [-0.4, -0.2) is 16.4 Å². The van der Waals surface area contributed by atoms with Gasteiger partial charge >= 0.3 is 6.30 Å². The summed E-state index contributed by atoms with van der Waals surface area (Å²) in [4.78, 5) is 0. The molecule has 0 amide bonds. The van der Waals surface area contributed by atoms with Crippen LogP contribution in [-0.2, 0) is 11.0 Å². The van der Waals surface area contributed by atoms with Gasteiger partial charge < -0.3 is 4.74 Å². The van der Waals surface area contributed by atoms with Crippen LogP contribution in [0.4, 0.5) is 13.2 Å². The molecule has 0 bridgehead atoms. The fourth-order valence-corrected chi connectivity index (χ4v) is 1.65. The minimum absolute atomic E-state index is 0.0142. The van der Waals surface area contributed by atoms with E-state index < -0.39 is 6.30 Å². The second kappa shape index (κ2) is 3.84. The number of nitrogens with zero attached hydrogens (tertiary/aromatic N) is 2. The van der Waals surface area contributed by atoms with E-state index in [0.717, 1.165) is 25.5 Å². The van der Waals surface area contributed by atoms with Crippen molar-refractivity contribution < 1.29 is 17.9 Å². The minimum Gasteiger partial charge on any atom is -0.373 e. The molecule has 84 valence electrons. The summed E-state index contributed by atoms with van der Waals surface area (Å²) in [5.41, 5.74) is 0.507. The van der Waals surface area contributed by atoms with Gasteiger partial charge in [-0.05, 0) is 19.3 Å². The fraction of sp³-hybridized carbons (Fsp3) is 0.667.